The molecule has 1 N–H and O–H groups in total. The van der Waals surface area contributed by atoms with Crippen molar-refractivity contribution in [1.82, 2.24) is 20.1 Å². The topological polar surface area (TPSA) is 48.5 Å². The van der Waals surface area contributed by atoms with Gasteiger partial charge in [-0.25, -0.2) is 4.98 Å². The molecule has 0 aliphatic carbocycles. The number of piperidine rings is 1. The summed E-state index contributed by atoms with van der Waals surface area (Å²) in [6.45, 7) is 3.66. The smallest absolute Gasteiger partial charge is 0.239 e. The third-order valence-electron chi connectivity index (χ3n) is 5.31. The molecule has 5 nitrogen and oxygen atoms in total. The summed E-state index contributed by atoms with van der Waals surface area (Å²) in [5.74, 6) is 0.183. The SMILES string of the molecule is CN(Cc1cccnc1Cl)C(=O)[C@H]1CC2(CCNCC2)CN1C. The highest BCUT2D eigenvalue weighted by atomic mass is 35.5. The molecule has 1 atom stereocenters. The zero-order valence-corrected chi connectivity index (χ0v) is 14.6. The number of likely N-dealkylation sites (tertiary alicyclic amines) is 1. The quantitative estimate of drug-likeness (QED) is 0.855. The molecule has 3 heterocycles. The minimum Gasteiger partial charge on any atom is -0.340 e. The monoisotopic (exact) mass is 336 g/mol. The fraction of sp³-hybridized carbons (Fsp3) is 0.647. The van der Waals surface area contributed by atoms with E-state index < -0.39 is 0 Å². The van der Waals surface area contributed by atoms with Crippen LogP contribution in [0.2, 0.25) is 5.15 Å². The first kappa shape index (κ1) is 16.7. The van der Waals surface area contributed by atoms with Gasteiger partial charge in [0.05, 0.1) is 6.04 Å². The maximum absolute atomic E-state index is 12.9. The number of nitrogens with one attached hydrogen (secondary N) is 1. The van der Waals surface area contributed by atoms with Crippen LogP contribution >= 0.6 is 11.6 Å². The van der Waals surface area contributed by atoms with Crippen molar-refractivity contribution in [3.63, 3.8) is 0 Å². The molecular formula is C17H25ClN4O. The highest BCUT2D eigenvalue weighted by Gasteiger charge is 2.46. The molecule has 0 bridgehead atoms. The number of carbonyl (C=O) groups is 1. The molecule has 0 unspecified atom stereocenters. The Kier molecular flexibility index (Phi) is 4.90. The number of nitrogens with zero attached hydrogens (tertiary/aromatic N) is 3. The first-order chi connectivity index (χ1) is 11.0. The van der Waals surface area contributed by atoms with E-state index in [0.29, 0.717) is 17.1 Å². The number of amides is 1. The zero-order valence-electron chi connectivity index (χ0n) is 13.9. The van der Waals surface area contributed by atoms with E-state index in [0.717, 1.165) is 31.6 Å². The molecule has 0 aromatic carbocycles. The van der Waals surface area contributed by atoms with Gasteiger partial charge in [0.1, 0.15) is 5.15 Å². The number of pyridine rings is 1. The largest absolute Gasteiger partial charge is 0.340 e. The van der Waals surface area contributed by atoms with Crippen molar-refractivity contribution in [3.05, 3.63) is 29.0 Å². The summed E-state index contributed by atoms with van der Waals surface area (Å²) < 4.78 is 0. The number of hydrogen-bond donors (Lipinski definition) is 1. The predicted octanol–water partition coefficient (Wildman–Crippen LogP) is 1.77. The second kappa shape index (κ2) is 6.75. The Morgan fingerprint density at radius 3 is 2.96 bits per heavy atom. The van der Waals surface area contributed by atoms with E-state index in [9.17, 15) is 4.79 Å². The van der Waals surface area contributed by atoms with Gasteiger partial charge in [-0.2, -0.15) is 0 Å². The molecule has 2 saturated heterocycles. The number of hydrogen-bond acceptors (Lipinski definition) is 4. The highest BCUT2D eigenvalue weighted by Crippen LogP contribution is 2.41. The van der Waals surface area contributed by atoms with Gasteiger partial charge in [-0.1, -0.05) is 17.7 Å². The first-order valence-corrected chi connectivity index (χ1v) is 8.64. The molecule has 6 heteroatoms. The third-order valence-corrected chi connectivity index (χ3v) is 5.65. The van der Waals surface area contributed by atoms with Gasteiger partial charge in [0.25, 0.3) is 0 Å². The van der Waals surface area contributed by atoms with Gasteiger partial charge in [0, 0.05) is 31.9 Å². The molecule has 2 aliphatic heterocycles. The van der Waals surface area contributed by atoms with Crippen LogP contribution in [0, 0.1) is 5.41 Å². The Bertz CT molecular complexity index is 573. The van der Waals surface area contributed by atoms with Gasteiger partial charge in [-0.05, 0) is 50.9 Å². The van der Waals surface area contributed by atoms with E-state index in [2.05, 4.69) is 22.2 Å². The molecule has 2 aliphatic rings. The van der Waals surface area contributed by atoms with Crippen LogP contribution in [0.3, 0.4) is 0 Å². The summed E-state index contributed by atoms with van der Waals surface area (Å²) in [5, 5.41) is 3.89. The summed E-state index contributed by atoms with van der Waals surface area (Å²) in [4.78, 5) is 21.0. The maximum Gasteiger partial charge on any atom is 0.239 e. The lowest BCUT2D eigenvalue weighted by molar-refractivity contribution is -0.134. The van der Waals surface area contributed by atoms with Crippen LogP contribution in [0.1, 0.15) is 24.8 Å². The van der Waals surface area contributed by atoms with Crippen molar-refractivity contribution in [1.29, 1.82) is 0 Å². The number of halogens is 1. The number of likely N-dealkylation sites (N-methyl/N-ethyl adjacent to an activating group) is 2. The van der Waals surface area contributed by atoms with E-state index in [4.69, 9.17) is 11.6 Å². The molecule has 3 rings (SSSR count). The predicted molar refractivity (Wildman–Crippen MR) is 91.3 cm³/mol. The zero-order chi connectivity index (χ0) is 16.4. The first-order valence-electron chi connectivity index (χ1n) is 8.26. The maximum atomic E-state index is 12.9. The van der Waals surface area contributed by atoms with Crippen molar-refractivity contribution in [3.8, 4) is 0 Å². The van der Waals surface area contributed by atoms with E-state index in [1.165, 1.54) is 12.8 Å². The summed E-state index contributed by atoms with van der Waals surface area (Å²) in [6, 6.07) is 3.75. The molecule has 126 valence electrons. The van der Waals surface area contributed by atoms with Gasteiger partial charge in [-0.15, -0.1) is 0 Å². The number of carbonyl (C=O) groups excluding carboxylic acids is 1. The lowest BCUT2D eigenvalue weighted by Gasteiger charge is -2.33. The van der Waals surface area contributed by atoms with Gasteiger partial charge in [0.2, 0.25) is 5.91 Å². The molecule has 2 fully saturated rings. The van der Waals surface area contributed by atoms with E-state index in [1.54, 1.807) is 11.1 Å². The van der Waals surface area contributed by atoms with E-state index in [-0.39, 0.29) is 11.9 Å². The van der Waals surface area contributed by atoms with Crippen LogP contribution < -0.4 is 5.32 Å². The van der Waals surface area contributed by atoms with Crippen molar-refractivity contribution in [2.24, 2.45) is 5.41 Å². The minimum atomic E-state index is -0.0199. The second-order valence-electron chi connectivity index (χ2n) is 7.03. The van der Waals surface area contributed by atoms with Crippen molar-refractivity contribution >= 4 is 17.5 Å². The lowest BCUT2D eigenvalue weighted by atomic mass is 9.77. The summed E-state index contributed by atoms with van der Waals surface area (Å²) in [7, 11) is 3.93. The Labute approximate surface area is 143 Å². The van der Waals surface area contributed by atoms with Crippen LogP contribution in [-0.4, -0.2) is 60.5 Å². The van der Waals surface area contributed by atoms with E-state index in [1.807, 2.05) is 19.2 Å². The van der Waals surface area contributed by atoms with Gasteiger partial charge >= 0.3 is 0 Å². The molecule has 1 amide bonds. The van der Waals surface area contributed by atoms with Gasteiger partial charge in [0.15, 0.2) is 0 Å². The molecule has 23 heavy (non-hydrogen) atoms. The van der Waals surface area contributed by atoms with Crippen LogP contribution in [-0.2, 0) is 11.3 Å². The molecular weight excluding hydrogens is 312 g/mol. The van der Waals surface area contributed by atoms with Crippen molar-refractivity contribution < 1.29 is 4.79 Å². The number of aromatic nitrogens is 1. The second-order valence-corrected chi connectivity index (χ2v) is 7.39. The molecule has 1 aromatic rings. The van der Waals surface area contributed by atoms with Crippen LogP contribution in [0.25, 0.3) is 0 Å². The fourth-order valence-electron chi connectivity index (χ4n) is 3.99. The van der Waals surface area contributed by atoms with Crippen molar-refractivity contribution in [2.45, 2.75) is 31.8 Å². The van der Waals surface area contributed by atoms with Gasteiger partial charge < -0.3 is 10.2 Å². The Morgan fingerprint density at radius 1 is 1.52 bits per heavy atom. The average Bonchev–Trinajstić information content (AvgIpc) is 2.85. The number of rotatable bonds is 3. The van der Waals surface area contributed by atoms with Crippen molar-refractivity contribution in [2.75, 3.05) is 33.7 Å². The van der Waals surface area contributed by atoms with Gasteiger partial charge in [-0.3, -0.25) is 9.69 Å². The molecule has 1 spiro atoms. The van der Waals surface area contributed by atoms with Crippen LogP contribution in [0.15, 0.2) is 18.3 Å². The molecule has 0 saturated carbocycles. The Balaban J connectivity index is 1.66. The molecule has 1 aromatic heterocycles. The summed E-state index contributed by atoms with van der Waals surface area (Å²) in [5.41, 5.74) is 1.20. The summed E-state index contributed by atoms with van der Waals surface area (Å²) >= 11 is 6.11. The Morgan fingerprint density at radius 2 is 2.26 bits per heavy atom. The summed E-state index contributed by atoms with van der Waals surface area (Å²) in [6.07, 6.45) is 4.97. The third kappa shape index (κ3) is 3.52. The molecule has 0 radical (unpaired) electrons. The normalized spacial score (nSPS) is 24.0. The fourth-order valence-corrected chi connectivity index (χ4v) is 4.17. The highest BCUT2D eigenvalue weighted by molar-refractivity contribution is 6.30. The minimum absolute atomic E-state index is 0.0199. The van der Waals surface area contributed by atoms with Crippen LogP contribution in [0.4, 0.5) is 0 Å². The lowest BCUT2D eigenvalue weighted by Crippen LogP contribution is -2.42. The Hall–Kier alpha value is -1.17. The standard InChI is InChI=1S/C17H25ClN4O/c1-21(11-13-4-3-7-20-15(13)18)16(23)14-10-17(12-22(14)2)5-8-19-9-6-17/h3-4,7,14,19H,5-6,8-12H2,1-2H3/t14-/m1/s1. The average molecular weight is 337 g/mol. The van der Waals surface area contributed by atoms with Crippen LogP contribution in [0.5, 0.6) is 0 Å². The van der Waals surface area contributed by atoms with E-state index >= 15 is 0 Å².